The molecule has 1 fully saturated rings. The molecule has 2 rings (SSSR count). The Balaban J connectivity index is 0.00000312. The number of sulfonamides is 1. The number of ether oxygens (including phenoxy) is 1. The van der Waals surface area contributed by atoms with Crippen molar-refractivity contribution in [1.29, 1.82) is 0 Å². The molecule has 142 valence electrons. The van der Waals surface area contributed by atoms with E-state index in [0.29, 0.717) is 23.6 Å². The van der Waals surface area contributed by atoms with Crippen LogP contribution in [0.25, 0.3) is 0 Å². The Kier molecular flexibility index (Phi) is 8.30. The van der Waals surface area contributed by atoms with Crippen LogP contribution in [0.15, 0.2) is 23.1 Å². The fraction of sp³-hybridized carbons (Fsp3) is 0.562. The molecule has 1 unspecified atom stereocenters. The van der Waals surface area contributed by atoms with Gasteiger partial charge in [-0.1, -0.05) is 6.07 Å². The third-order valence-electron chi connectivity index (χ3n) is 4.09. The van der Waals surface area contributed by atoms with E-state index in [4.69, 9.17) is 10.5 Å². The lowest BCUT2D eigenvalue weighted by Gasteiger charge is -2.14. The average Bonchev–Trinajstić information content (AvgIpc) is 3.37. The number of nitrogens with one attached hydrogen (secondary N) is 2. The normalized spacial score (nSPS) is 15.3. The first kappa shape index (κ1) is 21.9. The Labute approximate surface area is 155 Å². The molecule has 4 N–H and O–H groups in total. The molecule has 0 aliphatic heterocycles. The molecule has 0 saturated heterocycles. The Hall–Kier alpha value is -1.19. The number of aryl methyl sites for hydroxylation is 1. The minimum Gasteiger partial charge on any atom is -0.383 e. The molecule has 1 aromatic carbocycles. The van der Waals surface area contributed by atoms with Gasteiger partial charge in [0.05, 0.1) is 11.5 Å². The molecule has 1 atom stereocenters. The van der Waals surface area contributed by atoms with Crippen LogP contribution in [0.3, 0.4) is 0 Å². The van der Waals surface area contributed by atoms with E-state index < -0.39 is 10.0 Å². The summed E-state index contributed by atoms with van der Waals surface area (Å²) in [5, 5.41) is 2.79. The molecule has 1 aliphatic rings. The van der Waals surface area contributed by atoms with E-state index in [1.807, 2.05) is 0 Å². The van der Waals surface area contributed by atoms with Crippen LogP contribution in [0, 0.1) is 12.8 Å². The Morgan fingerprint density at radius 1 is 1.40 bits per heavy atom. The topological polar surface area (TPSA) is 111 Å². The summed E-state index contributed by atoms with van der Waals surface area (Å²) >= 11 is 0. The lowest BCUT2D eigenvalue weighted by atomic mass is 10.1. The fourth-order valence-electron chi connectivity index (χ4n) is 2.37. The van der Waals surface area contributed by atoms with Gasteiger partial charge in [0.15, 0.2) is 0 Å². The maximum Gasteiger partial charge on any atom is 0.251 e. The highest BCUT2D eigenvalue weighted by atomic mass is 35.5. The maximum atomic E-state index is 12.4. The van der Waals surface area contributed by atoms with Gasteiger partial charge in [0, 0.05) is 31.8 Å². The van der Waals surface area contributed by atoms with Crippen molar-refractivity contribution in [2.75, 3.05) is 26.8 Å². The van der Waals surface area contributed by atoms with Gasteiger partial charge in [-0.25, -0.2) is 13.1 Å². The highest BCUT2D eigenvalue weighted by Crippen LogP contribution is 2.31. The van der Waals surface area contributed by atoms with E-state index in [1.165, 1.54) is 19.2 Å². The molecule has 9 heteroatoms. The van der Waals surface area contributed by atoms with Gasteiger partial charge >= 0.3 is 0 Å². The number of rotatable bonds is 9. The van der Waals surface area contributed by atoms with Crippen LogP contribution in [0.4, 0.5) is 0 Å². The summed E-state index contributed by atoms with van der Waals surface area (Å²) < 4.78 is 31.7. The smallest absolute Gasteiger partial charge is 0.251 e. The minimum absolute atomic E-state index is 0. The molecule has 0 heterocycles. The summed E-state index contributed by atoms with van der Waals surface area (Å²) in [4.78, 5) is 12.4. The van der Waals surface area contributed by atoms with Crippen molar-refractivity contribution in [2.45, 2.75) is 30.7 Å². The second kappa shape index (κ2) is 9.49. The molecule has 7 nitrogen and oxygen atoms in total. The molecule has 25 heavy (non-hydrogen) atoms. The van der Waals surface area contributed by atoms with Crippen molar-refractivity contribution in [3.05, 3.63) is 29.3 Å². The van der Waals surface area contributed by atoms with Gasteiger partial charge in [-0.2, -0.15) is 0 Å². The van der Waals surface area contributed by atoms with Crippen LogP contribution in [-0.4, -0.2) is 47.2 Å². The molecular weight excluding hydrogens is 366 g/mol. The largest absolute Gasteiger partial charge is 0.383 e. The van der Waals surface area contributed by atoms with E-state index in [1.54, 1.807) is 13.0 Å². The van der Waals surface area contributed by atoms with E-state index in [0.717, 1.165) is 12.8 Å². The van der Waals surface area contributed by atoms with Crippen LogP contribution < -0.4 is 15.8 Å². The van der Waals surface area contributed by atoms with E-state index in [2.05, 4.69) is 10.0 Å². The lowest BCUT2D eigenvalue weighted by Crippen LogP contribution is -2.38. The van der Waals surface area contributed by atoms with E-state index in [9.17, 15) is 13.2 Å². The summed E-state index contributed by atoms with van der Waals surface area (Å²) in [5.41, 5.74) is 7.03. The van der Waals surface area contributed by atoms with Gasteiger partial charge in [0.25, 0.3) is 5.91 Å². The fourth-order valence-corrected chi connectivity index (χ4v) is 3.41. The van der Waals surface area contributed by atoms with Crippen LogP contribution in [-0.2, 0) is 14.8 Å². The van der Waals surface area contributed by atoms with Gasteiger partial charge in [0.1, 0.15) is 0 Å². The SMILES string of the molecule is COCCNS(=O)(=O)c1ccc(C)c(C(=O)NCC(N)C2CC2)c1.Cl. The zero-order valence-electron chi connectivity index (χ0n) is 14.4. The molecule has 1 aromatic rings. The number of methoxy groups -OCH3 is 1. The first-order valence-corrected chi connectivity index (χ1v) is 9.46. The predicted octanol–water partition coefficient (Wildman–Crippen LogP) is 0.809. The van der Waals surface area contributed by atoms with E-state index in [-0.39, 0.29) is 42.4 Å². The van der Waals surface area contributed by atoms with Crippen molar-refractivity contribution < 1.29 is 17.9 Å². The van der Waals surface area contributed by atoms with Crippen molar-refractivity contribution in [2.24, 2.45) is 11.7 Å². The van der Waals surface area contributed by atoms with Crippen LogP contribution >= 0.6 is 12.4 Å². The van der Waals surface area contributed by atoms with Gasteiger partial charge < -0.3 is 15.8 Å². The third-order valence-corrected chi connectivity index (χ3v) is 5.55. The Morgan fingerprint density at radius 3 is 2.68 bits per heavy atom. The first-order chi connectivity index (χ1) is 11.3. The van der Waals surface area contributed by atoms with Crippen molar-refractivity contribution in [3.63, 3.8) is 0 Å². The second-order valence-electron chi connectivity index (χ2n) is 6.08. The standard InChI is InChI=1S/C16H25N3O4S.ClH/c1-11-3-6-13(24(21,22)19-7-8-23-2)9-14(11)16(20)18-10-15(17)12-4-5-12;/h3,6,9,12,15,19H,4-5,7-8,10,17H2,1-2H3,(H,18,20);1H. The number of carbonyl (C=O) groups is 1. The molecule has 0 bridgehead atoms. The van der Waals surface area contributed by atoms with Gasteiger partial charge in [0.2, 0.25) is 10.0 Å². The number of hydrogen-bond donors (Lipinski definition) is 3. The number of benzene rings is 1. The molecule has 0 radical (unpaired) electrons. The molecule has 1 amide bonds. The first-order valence-electron chi connectivity index (χ1n) is 7.98. The average molecular weight is 392 g/mol. The number of carbonyl (C=O) groups excluding carboxylic acids is 1. The molecular formula is C16H26ClN3O4S. The van der Waals surface area contributed by atoms with Crippen LogP contribution in [0.1, 0.15) is 28.8 Å². The highest BCUT2D eigenvalue weighted by Gasteiger charge is 2.28. The maximum absolute atomic E-state index is 12.4. The highest BCUT2D eigenvalue weighted by molar-refractivity contribution is 7.89. The number of halogens is 1. The summed E-state index contributed by atoms with van der Waals surface area (Å²) in [7, 11) is -2.18. The Bertz CT molecular complexity index is 693. The van der Waals surface area contributed by atoms with Gasteiger partial charge in [-0.05, 0) is 43.4 Å². The number of hydrogen-bond acceptors (Lipinski definition) is 5. The van der Waals surface area contributed by atoms with Crippen molar-refractivity contribution in [3.8, 4) is 0 Å². The van der Waals surface area contributed by atoms with E-state index >= 15 is 0 Å². The van der Waals surface area contributed by atoms with Crippen molar-refractivity contribution in [1.82, 2.24) is 10.0 Å². The minimum atomic E-state index is -3.67. The lowest BCUT2D eigenvalue weighted by molar-refractivity contribution is 0.0949. The van der Waals surface area contributed by atoms with Crippen LogP contribution in [0.2, 0.25) is 0 Å². The molecule has 0 spiro atoms. The van der Waals surface area contributed by atoms with Gasteiger partial charge in [-0.3, -0.25) is 4.79 Å². The number of nitrogens with two attached hydrogens (primary N) is 1. The zero-order chi connectivity index (χ0) is 17.7. The zero-order valence-corrected chi connectivity index (χ0v) is 16.1. The summed E-state index contributed by atoms with van der Waals surface area (Å²) in [6.45, 7) is 2.61. The second-order valence-corrected chi connectivity index (χ2v) is 7.85. The molecule has 1 aliphatic carbocycles. The molecule has 0 aromatic heterocycles. The summed E-state index contributed by atoms with van der Waals surface area (Å²) in [6, 6.07) is 4.46. The molecule has 1 saturated carbocycles. The predicted molar refractivity (Wildman–Crippen MR) is 98.5 cm³/mol. The Morgan fingerprint density at radius 2 is 2.08 bits per heavy atom. The summed E-state index contributed by atoms with van der Waals surface area (Å²) in [6.07, 6.45) is 2.22. The third kappa shape index (κ3) is 6.23. The monoisotopic (exact) mass is 391 g/mol. The van der Waals surface area contributed by atoms with Gasteiger partial charge in [-0.15, -0.1) is 12.4 Å². The van der Waals surface area contributed by atoms with Crippen LogP contribution in [0.5, 0.6) is 0 Å². The van der Waals surface area contributed by atoms with Crippen molar-refractivity contribution >= 4 is 28.3 Å². The summed E-state index contributed by atoms with van der Waals surface area (Å²) in [5.74, 6) is 0.181. The quantitative estimate of drug-likeness (QED) is 0.539. The number of amides is 1.